The quantitative estimate of drug-likeness (QED) is 0.723. The largest absolute Gasteiger partial charge is 0.369 e. The summed E-state index contributed by atoms with van der Waals surface area (Å²) >= 11 is 0. The maximum absolute atomic E-state index is 11.7. The van der Waals surface area contributed by atoms with Crippen LogP contribution >= 0.6 is 0 Å². The number of hydrogen-bond acceptors (Lipinski definition) is 3. The lowest BCUT2D eigenvalue weighted by molar-refractivity contribution is 0.245. The summed E-state index contributed by atoms with van der Waals surface area (Å²) in [5, 5.41) is 2.74. The standard InChI is InChI=1S/C10H12N4O/c11-9-12-6-7-14(9)10(15)13-8-4-2-1-3-5-8/h2,4-7H,1,3H2,(H2,11,12)(H,13,15). The smallest absolute Gasteiger partial charge is 0.332 e. The Balaban J connectivity index is 2.07. The molecule has 1 aliphatic carbocycles. The first-order chi connectivity index (χ1) is 7.27. The number of imidazole rings is 1. The maximum atomic E-state index is 11.7. The average Bonchev–Trinajstić information content (AvgIpc) is 2.66. The topological polar surface area (TPSA) is 72.9 Å². The van der Waals surface area contributed by atoms with Crippen molar-refractivity contribution in [3.63, 3.8) is 0 Å². The second-order valence-corrected chi connectivity index (χ2v) is 3.22. The number of anilines is 1. The molecular weight excluding hydrogens is 192 g/mol. The summed E-state index contributed by atoms with van der Waals surface area (Å²) in [6.45, 7) is 0. The minimum absolute atomic E-state index is 0.188. The zero-order valence-corrected chi connectivity index (χ0v) is 8.18. The molecule has 5 nitrogen and oxygen atoms in total. The number of carbonyl (C=O) groups is 1. The van der Waals surface area contributed by atoms with Crippen LogP contribution in [0.4, 0.5) is 10.7 Å². The Hall–Kier alpha value is -2.04. The monoisotopic (exact) mass is 204 g/mol. The van der Waals surface area contributed by atoms with E-state index >= 15 is 0 Å². The summed E-state index contributed by atoms with van der Waals surface area (Å²) in [7, 11) is 0. The third-order valence-corrected chi connectivity index (χ3v) is 2.13. The number of aromatic nitrogens is 2. The van der Waals surface area contributed by atoms with Gasteiger partial charge in [0.15, 0.2) is 0 Å². The summed E-state index contributed by atoms with van der Waals surface area (Å²) in [6.07, 6.45) is 10.9. The lowest BCUT2D eigenvalue weighted by Crippen LogP contribution is -2.28. The lowest BCUT2D eigenvalue weighted by atomic mass is 10.1. The maximum Gasteiger partial charge on any atom is 0.332 e. The number of rotatable bonds is 1. The Morgan fingerprint density at radius 3 is 3.00 bits per heavy atom. The Kier molecular flexibility index (Phi) is 2.53. The van der Waals surface area contributed by atoms with Crippen LogP contribution in [-0.4, -0.2) is 15.6 Å². The Morgan fingerprint density at radius 1 is 1.53 bits per heavy atom. The molecule has 1 aromatic rings. The third kappa shape index (κ3) is 2.07. The zero-order valence-electron chi connectivity index (χ0n) is 8.18. The molecule has 1 aliphatic rings. The lowest BCUT2D eigenvalue weighted by Gasteiger charge is -2.09. The van der Waals surface area contributed by atoms with Gasteiger partial charge in [0.25, 0.3) is 0 Å². The van der Waals surface area contributed by atoms with Crippen molar-refractivity contribution in [1.82, 2.24) is 14.9 Å². The minimum atomic E-state index is -0.289. The van der Waals surface area contributed by atoms with Gasteiger partial charge in [-0.3, -0.25) is 0 Å². The molecule has 0 atom stereocenters. The summed E-state index contributed by atoms with van der Waals surface area (Å²) in [4.78, 5) is 15.4. The van der Waals surface area contributed by atoms with E-state index in [1.807, 2.05) is 18.2 Å². The third-order valence-electron chi connectivity index (χ3n) is 2.13. The number of allylic oxidation sites excluding steroid dienone is 3. The van der Waals surface area contributed by atoms with E-state index in [9.17, 15) is 4.79 Å². The van der Waals surface area contributed by atoms with E-state index in [4.69, 9.17) is 5.73 Å². The van der Waals surface area contributed by atoms with Crippen molar-refractivity contribution in [1.29, 1.82) is 0 Å². The van der Waals surface area contributed by atoms with E-state index in [0.29, 0.717) is 0 Å². The summed E-state index contributed by atoms with van der Waals surface area (Å²) in [5.41, 5.74) is 6.31. The van der Waals surface area contributed by atoms with E-state index in [1.165, 1.54) is 17.0 Å². The molecule has 1 heterocycles. The highest BCUT2D eigenvalue weighted by molar-refractivity contribution is 5.81. The fourth-order valence-electron chi connectivity index (χ4n) is 1.38. The van der Waals surface area contributed by atoms with Crippen LogP contribution in [0.15, 0.2) is 36.3 Å². The van der Waals surface area contributed by atoms with Crippen molar-refractivity contribution in [3.05, 3.63) is 36.3 Å². The fraction of sp³-hybridized carbons (Fsp3) is 0.200. The van der Waals surface area contributed by atoms with Gasteiger partial charge in [-0.2, -0.15) is 0 Å². The van der Waals surface area contributed by atoms with Crippen molar-refractivity contribution < 1.29 is 4.79 Å². The van der Waals surface area contributed by atoms with Gasteiger partial charge in [-0.1, -0.05) is 12.2 Å². The van der Waals surface area contributed by atoms with E-state index in [-0.39, 0.29) is 12.0 Å². The van der Waals surface area contributed by atoms with Gasteiger partial charge >= 0.3 is 6.03 Å². The molecule has 0 aromatic carbocycles. The second kappa shape index (κ2) is 4.00. The van der Waals surface area contributed by atoms with Gasteiger partial charge in [0.1, 0.15) is 0 Å². The van der Waals surface area contributed by atoms with Crippen molar-refractivity contribution in [2.45, 2.75) is 12.8 Å². The first-order valence-electron chi connectivity index (χ1n) is 4.74. The van der Waals surface area contributed by atoms with E-state index < -0.39 is 0 Å². The van der Waals surface area contributed by atoms with Gasteiger partial charge in [-0.05, 0) is 18.9 Å². The van der Waals surface area contributed by atoms with E-state index in [0.717, 1.165) is 18.5 Å². The molecule has 0 spiro atoms. The molecule has 5 heteroatoms. The predicted octanol–water partition coefficient (Wildman–Crippen LogP) is 1.26. The first kappa shape index (κ1) is 9.51. The van der Waals surface area contributed by atoms with Crippen molar-refractivity contribution in [2.75, 3.05) is 5.73 Å². The van der Waals surface area contributed by atoms with Crippen LogP contribution in [0, 0.1) is 0 Å². The first-order valence-corrected chi connectivity index (χ1v) is 4.74. The normalized spacial score (nSPS) is 14.8. The van der Waals surface area contributed by atoms with Crippen LogP contribution in [0.3, 0.4) is 0 Å². The van der Waals surface area contributed by atoms with Crippen LogP contribution in [0.25, 0.3) is 0 Å². The SMILES string of the molecule is Nc1nccn1C(=O)NC1=CCCC=C1. The van der Waals surface area contributed by atoms with Crippen molar-refractivity contribution in [2.24, 2.45) is 0 Å². The molecule has 0 saturated heterocycles. The highest BCUT2D eigenvalue weighted by atomic mass is 16.2. The highest BCUT2D eigenvalue weighted by Crippen LogP contribution is 2.07. The van der Waals surface area contributed by atoms with E-state index in [1.54, 1.807) is 0 Å². The van der Waals surface area contributed by atoms with Gasteiger partial charge in [0.05, 0.1) is 0 Å². The Bertz CT molecular complexity index is 430. The summed E-state index contributed by atoms with van der Waals surface area (Å²) < 4.78 is 1.27. The Labute approximate surface area is 87.3 Å². The van der Waals surface area contributed by atoms with Crippen LogP contribution in [-0.2, 0) is 0 Å². The van der Waals surface area contributed by atoms with Crippen molar-refractivity contribution in [3.8, 4) is 0 Å². The molecule has 15 heavy (non-hydrogen) atoms. The van der Waals surface area contributed by atoms with Crippen LogP contribution < -0.4 is 11.1 Å². The molecule has 0 fully saturated rings. The van der Waals surface area contributed by atoms with Crippen molar-refractivity contribution >= 4 is 12.0 Å². The highest BCUT2D eigenvalue weighted by Gasteiger charge is 2.08. The molecule has 78 valence electrons. The molecule has 3 N–H and O–H groups in total. The van der Waals surface area contributed by atoms with Gasteiger partial charge in [-0.15, -0.1) is 0 Å². The van der Waals surface area contributed by atoms with E-state index in [2.05, 4.69) is 10.3 Å². The molecule has 0 aliphatic heterocycles. The van der Waals surface area contributed by atoms with Gasteiger partial charge in [-0.25, -0.2) is 14.3 Å². The van der Waals surface area contributed by atoms with Crippen LogP contribution in [0.1, 0.15) is 12.8 Å². The zero-order chi connectivity index (χ0) is 10.7. The van der Waals surface area contributed by atoms with Crippen LogP contribution in [0.2, 0.25) is 0 Å². The summed E-state index contributed by atoms with van der Waals surface area (Å²) in [6, 6.07) is -0.289. The minimum Gasteiger partial charge on any atom is -0.369 e. The molecule has 0 radical (unpaired) electrons. The molecular formula is C10H12N4O. The number of amides is 1. The molecule has 0 bridgehead atoms. The predicted molar refractivity (Wildman–Crippen MR) is 57.0 cm³/mol. The molecule has 1 aromatic heterocycles. The second-order valence-electron chi connectivity index (χ2n) is 3.22. The number of nitrogens with two attached hydrogens (primary N) is 1. The van der Waals surface area contributed by atoms with Gasteiger partial charge in [0, 0.05) is 18.1 Å². The number of carbonyl (C=O) groups excluding carboxylic acids is 1. The summed E-state index contributed by atoms with van der Waals surface area (Å²) in [5.74, 6) is 0.188. The number of nitrogens with zero attached hydrogens (tertiary/aromatic N) is 2. The Morgan fingerprint density at radius 2 is 2.40 bits per heavy atom. The molecule has 0 unspecified atom stereocenters. The number of nitrogens with one attached hydrogen (secondary N) is 1. The van der Waals surface area contributed by atoms with Gasteiger partial charge in [0.2, 0.25) is 5.95 Å². The number of nitrogen functional groups attached to an aromatic ring is 1. The molecule has 1 amide bonds. The molecule has 2 rings (SSSR count). The fourth-order valence-corrected chi connectivity index (χ4v) is 1.38. The van der Waals surface area contributed by atoms with Gasteiger partial charge < -0.3 is 11.1 Å². The van der Waals surface area contributed by atoms with Crippen LogP contribution in [0.5, 0.6) is 0 Å². The number of hydrogen-bond donors (Lipinski definition) is 2. The molecule has 0 saturated carbocycles. The average molecular weight is 204 g/mol.